The van der Waals surface area contributed by atoms with Gasteiger partial charge in [0, 0.05) is 16.6 Å². The van der Waals surface area contributed by atoms with Crippen LogP contribution in [0.15, 0.2) is 53.7 Å². The second kappa shape index (κ2) is 4.62. The van der Waals surface area contributed by atoms with Gasteiger partial charge in [-0.05, 0) is 41.1 Å². The van der Waals surface area contributed by atoms with Gasteiger partial charge >= 0.3 is 5.97 Å². The molecule has 1 heterocycles. The first-order valence-corrected chi connectivity index (χ1v) is 5.97. The third-order valence-electron chi connectivity index (χ3n) is 3.15. The highest BCUT2D eigenvalue weighted by molar-refractivity contribution is 5.94. The number of aromatic nitrogens is 1. The minimum Gasteiger partial charge on any atom is -0.478 e. The second-order valence-electron chi connectivity index (χ2n) is 4.43. The first kappa shape index (κ1) is 12.1. The van der Waals surface area contributed by atoms with Crippen molar-refractivity contribution in [2.75, 3.05) is 0 Å². The molecule has 3 aromatic rings. The van der Waals surface area contributed by atoms with Crippen molar-refractivity contribution in [1.29, 1.82) is 0 Å². The van der Waals surface area contributed by atoms with Crippen LogP contribution in [0, 0.1) is 4.91 Å². The fraction of sp³-hybridized carbons (Fsp3) is 0. The van der Waals surface area contributed by atoms with Crippen LogP contribution < -0.4 is 0 Å². The van der Waals surface area contributed by atoms with E-state index in [1.165, 1.54) is 0 Å². The van der Waals surface area contributed by atoms with Gasteiger partial charge in [0.1, 0.15) is 5.69 Å². The molecule has 2 aromatic carbocycles. The second-order valence-corrected chi connectivity index (χ2v) is 4.43. The molecule has 0 saturated carbocycles. The monoisotopic (exact) mass is 266 g/mol. The highest BCUT2D eigenvalue weighted by Gasteiger charge is 2.07. The SMILES string of the molecule is O=Nc1ccc(-c2cc3ccc(C(=O)O)cc3[nH]2)cc1. The summed E-state index contributed by atoms with van der Waals surface area (Å²) in [6.07, 6.45) is 0. The van der Waals surface area contributed by atoms with Gasteiger partial charge in [0.05, 0.1) is 5.56 Å². The minimum absolute atomic E-state index is 0.242. The van der Waals surface area contributed by atoms with E-state index in [9.17, 15) is 9.70 Å². The number of aromatic carboxylic acids is 1. The summed E-state index contributed by atoms with van der Waals surface area (Å²) >= 11 is 0. The number of H-pyrrole nitrogens is 1. The van der Waals surface area contributed by atoms with Gasteiger partial charge in [-0.15, -0.1) is 4.91 Å². The molecule has 20 heavy (non-hydrogen) atoms. The van der Waals surface area contributed by atoms with Crippen LogP contribution in [0.5, 0.6) is 0 Å². The van der Waals surface area contributed by atoms with Gasteiger partial charge in [-0.2, -0.15) is 0 Å². The maximum atomic E-state index is 10.9. The van der Waals surface area contributed by atoms with Crippen molar-refractivity contribution < 1.29 is 9.90 Å². The van der Waals surface area contributed by atoms with Crippen LogP contribution in [-0.2, 0) is 0 Å². The summed E-state index contributed by atoms with van der Waals surface area (Å²) < 4.78 is 0. The molecule has 1 aromatic heterocycles. The number of benzene rings is 2. The quantitative estimate of drug-likeness (QED) is 0.704. The number of carboxylic acid groups (broad SMARTS) is 1. The van der Waals surface area contributed by atoms with Gasteiger partial charge in [0.25, 0.3) is 0 Å². The van der Waals surface area contributed by atoms with E-state index in [0.717, 1.165) is 22.2 Å². The van der Waals surface area contributed by atoms with Crippen LogP contribution in [0.4, 0.5) is 5.69 Å². The summed E-state index contributed by atoms with van der Waals surface area (Å²) in [6, 6.07) is 13.7. The molecule has 0 aliphatic rings. The van der Waals surface area contributed by atoms with Gasteiger partial charge in [-0.3, -0.25) is 0 Å². The highest BCUT2D eigenvalue weighted by atomic mass is 16.4. The summed E-state index contributed by atoms with van der Waals surface area (Å²) in [5, 5.41) is 12.8. The molecule has 0 atom stereocenters. The summed E-state index contributed by atoms with van der Waals surface area (Å²) in [7, 11) is 0. The van der Waals surface area contributed by atoms with Crippen molar-refractivity contribution in [3.8, 4) is 11.3 Å². The predicted molar refractivity (Wildman–Crippen MR) is 76.1 cm³/mol. The first-order valence-electron chi connectivity index (χ1n) is 5.97. The van der Waals surface area contributed by atoms with E-state index in [-0.39, 0.29) is 5.56 Å². The first-order chi connectivity index (χ1) is 9.67. The molecule has 0 bridgehead atoms. The van der Waals surface area contributed by atoms with Gasteiger partial charge in [-0.1, -0.05) is 18.2 Å². The Labute approximate surface area is 113 Å². The van der Waals surface area contributed by atoms with E-state index >= 15 is 0 Å². The van der Waals surface area contributed by atoms with Crippen LogP contribution >= 0.6 is 0 Å². The lowest BCUT2D eigenvalue weighted by molar-refractivity contribution is 0.0697. The third-order valence-corrected chi connectivity index (χ3v) is 3.15. The lowest BCUT2D eigenvalue weighted by atomic mass is 10.1. The molecule has 0 fully saturated rings. The fourth-order valence-corrected chi connectivity index (χ4v) is 2.12. The fourth-order valence-electron chi connectivity index (χ4n) is 2.12. The van der Waals surface area contributed by atoms with Crippen LogP contribution in [-0.4, -0.2) is 16.1 Å². The van der Waals surface area contributed by atoms with E-state index in [1.54, 1.807) is 42.5 Å². The number of hydrogen-bond acceptors (Lipinski definition) is 3. The lowest BCUT2D eigenvalue weighted by Crippen LogP contribution is -1.94. The van der Waals surface area contributed by atoms with Crippen molar-refractivity contribution in [1.82, 2.24) is 4.98 Å². The summed E-state index contributed by atoms with van der Waals surface area (Å²) in [4.78, 5) is 24.5. The van der Waals surface area contributed by atoms with Gasteiger partial charge in [0.2, 0.25) is 0 Å². The van der Waals surface area contributed by atoms with Crippen molar-refractivity contribution in [2.24, 2.45) is 5.18 Å². The average Bonchev–Trinajstić information content (AvgIpc) is 2.90. The number of nitrogens with one attached hydrogen (secondary N) is 1. The van der Waals surface area contributed by atoms with E-state index in [4.69, 9.17) is 5.11 Å². The van der Waals surface area contributed by atoms with Crippen LogP contribution in [0.25, 0.3) is 22.2 Å². The van der Waals surface area contributed by atoms with Crippen LogP contribution in [0.3, 0.4) is 0 Å². The Morgan fingerprint density at radius 1 is 1.05 bits per heavy atom. The van der Waals surface area contributed by atoms with Crippen molar-refractivity contribution in [3.05, 3.63) is 59.0 Å². The lowest BCUT2D eigenvalue weighted by Gasteiger charge is -1.97. The van der Waals surface area contributed by atoms with Crippen LogP contribution in [0.2, 0.25) is 0 Å². The zero-order valence-corrected chi connectivity index (χ0v) is 10.3. The molecular formula is C15H10N2O3. The Morgan fingerprint density at radius 2 is 1.80 bits per heavy atom. The standard InChI is InChI=1S/C15H10N2O3/c18-15(19)11-2-1-10-7-13(16-14(10)8-11)9-3-5-12(17-20)6-4-9/h1-8,16H,(H,18,19). The van der Waals surface area contributed by atoms with Gasteiger partial charge < -0.3 is 10.1 Å². The van der Waals surface area contributed by atoms with E-state index < -0.39 is 5.97 Å². The summed E-state index contributed by atoms with van der Waals surface area (Å²) in [5.74, 6) is -0.954. The molecule has 0 aliphatic heterocycles. The maximum Gasteiger partial charge on any atom is 0.335 e. The molecular weight excluding hydrogens is 256 g/mol. The zero-order valence-electron chi connectivity index (χ0n) is 10.3. The number of nitroso groups, excluding NO2 is 1. The molecule has 0 saturated heterocycles. The van der Waals surface area contributed by atoms with Crippen molar-refractivity contribution in [2.45, 2.75) is 0 Å². The molecule has 5 nitrogen and oxygen atoms in total. The Kier molecular flexibility index (Phi) is 2.80. The van der Waals surface area contributed by atoms with E-state index in [0.29, 0.717) is 5.69 Å². The Hall–Kier alpha value is -2.95. The number of carboxylic acids is 1. The maximum absolute atomic E-state index is 10.9. The number of hydrogen-bond donors (Lipinski definition) is 2. The van der Waals surface area contributed by atoms with Crippen LogP contribution in [0.1, 0.15) is 10.4 Å². The zero-order chi connectivity index (χ0) is 14.1. The summed E-state index contributed by atoms with van der Waals surface area (Å²) in [5.41, 5.74) is 3.15. The van der Waals surface area contributed by atoms with E-state index in [1.807, 2.05) is 6.07 Å². The largest absolute Gasteiger partial charge is 0.478 e. The van der Waals surface area contributed by atoms with E-state index in [2.05, 4.69) is 10.2 Å². The van der Waals surface area contributed by atoms with Gasteiger partial charge in [-0.25, -0.2) is 4.79 Å². The average molecular weight is 266 g/mol. The molecule has 3 rings (SSSR count). The number of aromatic amines is 1. The number of carbonyl (C=O) groups is 1. The normalized spacial score (nSPS) is 10.6. The Bertz CT molecular complexity index is 804. The van der Waals surface area contributed by atoms with Crippen molar-refractivity contribution in [3.63, 3.8) is 0 Å². The molecule has 98 valence electrons. The number of nitrogens with zero attached hydrogens (tertiary/aromatic N) is 1. The predicted octanol–water partition coefficient (Wildman–Crippen LogP) is 3.93. The van der Waals surface area contributed by atoms with Crippen molar-refractivity contribution >= 4 is 22.6 Å². The minimum atomic E-state index is -0.954. The number of rotatable bonds is 3. The summed E-state index contributed by atoms with van der Waals surface area (Å²) in [6.45, 7) is 0. The molecule has 0 radical (unpaired) electrons. The smallest absolute Gasteiger partial charge is 0.335 e. The highest BCUT2D eigenvalue weighted by Crippen LogP contribution is 2.26. The molecule has 2 N–H and O–H groups in total. The Balaban J connectivity index is 2.07. The topological polar surface area (TPSA) is 82.5 Å². The Morgan fingerprint density at radius 3 is 2.45 bits per heavy atom. The molecule has 0 amide bonds. The van der Waals surface area contributed by atoms with Gasteiger partial charge in [0.15, 0.2) is 0 Å². The molecule has 5 heteroatoms. The molecule has 0 unspecified atom stereocenters. The molecule has 0 aliphatic carbocycles. The molecule has 0 spiro atoms. The third kappa shape index (κ3) is 2.05. The number of fused-ring (bicyclic) bond motifs is 1.